The van der Waals surface area contributed by atoms with Gasteiger partial charge in [-0.2, -0.15) is 4.98 Å². The molecule has 2 atom stereocenters. The monoisotopic (exact) mass is 399 g/mol. The summed E-state index contributed by atoms with van der Waals surface area (Å²) >= 11 is 0. The van der Waals surface area contributed by atoms with E-state index in [1.54, 1.807) is 4.90 Å². The predicted octanol–water partition coefficient (Wildman–Crippen LogP) is 1.99. The highest BCUT2D eigenvalue weighted by Gasteiger charge is 2.55. The van der Waals surface area contributed by atoms with E-state index in [-0.39, 0.29) is 17.7 Å². The minimum absolute atomic E-state index is 0.0808. The highest BCUT2D eigenvalue weighted by atomic mass is 16.5. The molecule has 4 heterocycles. The van der Waals surface area contributed by atoms with Gasteiger partial charge in [-0.1, -0.05) is 12.1 Å². The molecule has 8 nitrogen and oxygen atoms in total. The van der Waals surface area contributed by atoms with Gasteiger partial charge < -0.3 is 24.1 Å². The van der Waals surface area contributed by atoms with E-state index in [0.29, 0.717) is 51.8 Å². The lowest BCUT2D eigenvalue weighted by atomic mass is 9.74. The summed E-state index contributed by atoms with van der Waals surface area (Å²) < 4.78 is 11.3. The standard InChI is InChI=1S/C21H25N3O5/c25-18(24-11-15-12-28-10-7-21(15,13-24)19(26)27)14-5-8-23(9-6-14)20-22-16-3-1-2-4-17(16)29-20/h1-4,14-15H,5-13H2,(H,26,27)/t15-,21+/m0/s1. The number of rotatable bonds is 3. The molecule has 3 fully saturated rings. The Balaban J connectivity index is 1.24. The van der Waals surface area contributed by atoms with E-state index in [1.165, 1.54) is 0 Å². The number of oxazole rings is 1. The van der Waals surface area contributed by atoms with Crippen molar-refractivity contribution in [3.8, 4) is 0 Å². The van der Waals surface area contributed by atoms with Crippen LogP contribution in [0.2, 0.25) is 0 Å². The van der Waals surface area contributed by atoms with Gasteiger partial charge in [-0.3, -0.25) is 9.59 Å². The molecule has 3 aliphatic heterocycles. The van der Waals surface area contributed by atoms with Crippen LogP contribution in [0.4, 0.5) is 6.01 Å². The van der Waals surface area contributed by atoms with Crippen molar-refractivity contribution in [1.82, 2.24) is 9.88 Å². The molecule has 0 unspecified atom stereocenters. The summed E-state index contributed by atoms with van der Waals surface area (Å²) in [5, 5.41) is 9.81. The van der Waals surface area contributed by atoms with Gasteiger partial charge in [-0.15, -0.1) is 0 Å². The molecule has 154 valence electrons. The molecule has 1 aromatic carbocycles. The molecule has 29 heavy (non-hydrogen) atoms. The summed E-state index contributed by atoms with van der Waals surface area (Å²) in [6.45, 7) is 3.07. The second kappa shape index (κ2) is 7.02. The van der Waals surface area contributed by atoms with Crippen LogP contribution in [-0.2, 0) is 14.3 Å². The predicted molar refractivity (Wildman–Crippen MR) is 105 cm³/mol. The number of ether oxygens (including phenoxy) is 1. The van der Waals surface area contributed by atoms with Crippen molar-refractivity contribution < 1.29 is 23.8 Å². The van der Waals surface area contributed by atoms with E-state index in [2.05, 4.69) is 9.88 Å². The Morgan fingerprint density at radius 1 is 1.21 bits per heavy atom. The third-order valence-corrected chi connectivity index (χ3v) is 6.84. The second-order valence-corrected chi connectivity index (χ2v) is 8.43. The summed E-state index contributed by atoms with van der Waals surface area (Å²) in [5.41, 5.74) is 0.760. The van der Waals surface area contributed by atoms with Crippen LogP contribution >= 0.6 is 0 Å². The van der Waals surface area contributed by atoms with E-state index in [4.69, 9.17) is 9.15 Å². The number of carbonyl (C=O) groups is 2. The summed E-state index contributed by atoms with van der Waals surface area (Å²) in [5.74, 6) is -0.913. The first-order valence-corrected chi connectivity index (χ1v) is 10.3. The van der Waals surface area contributed by atoms with Crippen molar-refractivity contribution in [3.05, 3.63) is 24.3 Å². The first-order valence-electron chi connectivity index (χ1n) is 10.3. The van der Waals surface area contributed by atoms with Gasteiger partial charge in [0.15, 0.2) is 5.58 Å². The molecule has 3 aliphatic rings. The van der Waals surface area contributed by atoms with Gasteiger partial charge in [0.25, 0.3) is 6.01 Å². The molecular weight excluding hydrogens is 374 g/mol. The van der Waals surface area contributed by atoms with Gasteiger partial charge in [0.2, 0.25) is 5.91 Å². The third-order valence-electron chi connectivity index (χ3n) is 6.84. The lowest BCUT2D eigenvalue weighted by molar-refractivity contribution is -0.157. The van der Waals surface area contributed by atoms with Crippen LogP contribution in [-0.4, -0.2) is 66.3 Å². The molecule has 0 saturated carbocycles. The molecular formula is C21H25N3O5. The molecule has 0 radical (unpaired) electrons. The van der Waals surface area contributed by atoms with Gasteiger partial charge in [0, 0.05) is 44.6 Å². The average molecular weight is 399 g/mol. The van der Waals surface area contributed by atoms with Crippen molar-refractivity contribution in [2.45, 2.75) is 19.3 Å². The Morgan fingerprint density at radius 2 is 2.00 bits per heavy atom. The van der Waals surface area contributed by atoms with Crippen LogP contribution in [0, 0.1) is 17.3 Å². The molecule has 1 N–H and O–H groups in total. The average Bonchev–Trinajstić information content (AvgIpc) is 3.36. The van der Waals surface area contributed by atoms with Crippen LogP contribution in [0.25, 0.3) is 11.1 Å². The van der Waals surface area contributed by atoms with Crippen LogP contribution < -0.4 is 4.90 Å². The fourth-order valence-corrected chi connectivity index (χ4v) is 5.04. The molecule has 2 aromatic rings. The topological polar surface area (TPSA) is 96.1 Å². The van der Waals surface area contributed by atoms with Crippen LogP contribution in [0.5, 0.6) is 0 Å². The van der Waals surface area contributed by atoms with E-state index < -0.39 is 11.4 Å². The zero-order valence-corrected chi connectivity index (χ0v) is 16.2. The van der Waals surface area contributed by atoms with Crippen molar-refractivity contribution in [2.24, 2.45) is 17.3 Å². The Bertz CT molecular complexity index is 902. The molecule has 1 aromatic heterocycles. The number of nitrogens with zero attached hydrogens (tertiary/aromatic N) is 3. The molecule has 8 heteroatoms. The SMILES string of the molecule is O=C(C1CCN(c2nc3ccccc3o2)CC1)N1C[C@H]2COCC[C@@]2(C(=O)O)C1. The molecule has 1 amide bonds. The number of carbonyl (C=O) groups excluding carboxylic acids is 1. The summed E-state index contributed by atoms with van der Waals surface area (Å²) in [6, 6.07) is 8.28. The number of benzene rings is 1. The number of anilines is 1. The van der Waals surface area contributed by atoms with Gasteiger partial charge >= 0.3 is 5.97 Å². The van der Waals surface area contributed by atoms with E-state index >= 15 is 0 Å². The number of hydrogen-bond acceptors (Lipinski definition) is 6. The number of amides is 1. The zero-order chi connectivity index (χ0) is 20.0. The molecule has 0 aliphatic carbocycles. The third kappa shape index (κ3) is 3.06. The molecule has 0 bridgehead atoms. The van der Waals surface area contributed by atoms with Crippen LogP contribution in [0.1, 0.15) is 19.3 Å². The Labute approximate surface area is 168 Å². The normalized spacial score (nSPS) is 27.9. The van der Waals surface area contributed by atoms with Crippen molar-refractivity contribution in [2.75, 3.05) is 44.3 Å². The molecule has 5 rings (SSSR count). The zero-order valence-electron chi connectivity index (χ0n) is 16.2. The van der Waals surface area contributed by atoms with Crippen LogP contribution in [0.15, 0.2) is 28.7 Å². The van der Waals surface area contributed by atoms with Gasteiger partial charge in [0.1, 0.15) is 5.52 Å². The second-order valence-electron chi connectivity index (χ2n) is 8.43. The minimum Gasteiger partial charge on any atom is -0.481 e. The number of hydrogen-bond donors (Lipinski definition) is 1. The van der Waals surface area contributed by atoms with E-state index in [9.17, 15) is 14.7 Å². The fraction of sp³-hybridized carbons (Fsp3) is 0.571. The highest BCUT2D eigenvalue weighted by molar-refractivity contribution is 5.83. The lowest BCUT2D eigenvalue weighted by Crippen LogP contribution is -2.45. The first-order chi connectivity index (χ1) is 14.1. The Morgan fingerprint density at radius 3 is 2.72 bits per heavy atom. The smallest absolute Gasteiger partial charge is 0.311 e. The molecule has 3 saturated heterocycles. The largest absolute Gasteiger partial charge is 0.481 e. The fourth-order valence-electron chi connectivity index (χ4n) is 5.04. The van der Waals surface area contributed by atoms with Crippen molar-refractivity contribution >= 4 is 29.0 Å². The summed E-state index contributed by atoms with van der Waals surface area (Å²) in [7, 11) is 0. The van der Waals surface area contributed by atoms with E-state index in [1.807, 2.05) is 24.3 Å². The summed E-state index contributed by atoms with van der Waals surface area (Å²) in [6.07, 6.45) is 1.91. The lowest BCUT2D eigenvalue weighted by Gasteiger charge is -2.34. The molecule has 0 spiro atoms. The Kier molecular flexibility index (Phi) is 4.46. The van der Waals surface area contributed by atoms with Gasteiger partial charge in [-0.05, 0) is 31.4 Å². The number of carboxylic acids is 1. The summed E-state index contributed by atoms with van der Waals surface area (Å²) in [4.78, 5) is 33.5. The van der Waals surface area contributed by atoms with Crippen LogP contribution in [0.3, 0.4) is 0 Å². The van der Waals surface area contributed by atoms with Gasteiger partial charge in [-0.25, -0.2) is 0 Å². The maximum Gasteiger partial charge on any atom is 0.311 e. The van der Waals surface area contributed by atoms with E-state index in [0.717, 1.165) is 23.9 Å². The maximum atomic E-state index is 13.1. The first kappa shape index (κ1) is 18.4. The van der Waals surface area contributed by atoms with Crippen molar-refractivity contribution in [1.29, 1.82) is 0 Å². The number of likely N-dealkylation sites (tertiary alicyclic amines) is 1. The number of aliphatic carboxylic acids is 1. The number of aromatic nitrogens is 1. The van der Waals surface area contributed by atoms with Crippen molar-refractivity contribution in [3.63, 3.8) is 0 Å². The highest BCUT2D eigenvalue weighted by Crippen LogP contribution is 2.43. The minimum atomic E-state index is -0.840. The Hall–Kier alpha value is -2.61. The number of fused-ring (bicyclic) bond motifs is 2. The maximum absolute atomic E-state index is 13.1. The van der Waals surface area contributed by atoms with Gasteiger partial charge in [0.05, 0.1) is 12.0 Å². The quantitative estimate of drug-likeness (QED) is 0.843. The number of carboxylic acid groups (broad SMARTS) is 1. The number of piperidine rings is 1. The number of para-hydroxylation sites is 2.